The van der Waals surface area contributed by atoms with Gasteiger partial charge in [0.2, 0.25) is 0 Å². The first-order valence-electron chi connectivity index (χ1n) is 8.82. The van der Waals surface area contributed by atoms with Gasteiger partial charge in [0.1, 0.15) is 5.54 Å². The number of allylic oxidation sites excluding steroid dienone is 2. The molecule has 2 aliphatic carbocycles. The molecule has 0 bridgehead atoms. The Balaban J connectivity index is 1.89. The van der Waals surface area contributed by atoms with Crippen LogP contribution in [0.1, 0.15) is 57.8 Å². The van der Waals surface area contributed by atoms with Crippen LogP contribution in [0.3, 0.4) is 0 Å². The van der Waals surface area contributed by atoms with Gasteiger partial charge in [0.15, 0.2) is 0 Å². The lowest BCUT2D eigenvalue weighted by Crippen LogP contribution is -2.57. The molecule has 1 aromatic rings. The molecule has 0 unspecified atom stereocenters. The van der Waals surface area contributed by atoms with Crippen LogP contribution in [0.4, 0.5) is 5.69 Å². The molecule has 0 spiro atoms. The molecular weight excluding hydrogens is 268 g/mol. The number of nitriles is 1. The number of anilines is 1. The standard InChI is InChI=1S/C20H24N2/c21-15-20-13-7-6-9-17(20)14-16-8-4-5-12-19(16)22(20)18-10-2-1-3-11-18/h1-3,10-11,17H,4-9,12-14H2/t17-,20-/m0/s1. The molecule has 1 heterocycles. The van der Waals surface area contributed by atoms with Crippen molar-refractivity contribution in [3.63, 3.8) is 0 Å². The van der Waals surface area contributed by atoms with E-state index in [9.17, 15) is 5.26 Å². The first-order valence-corrected chi connectivity index (χ1v) is 8.82. The lowest BCUT2D eigenvalue weighted by atomic mass is 9.65. The molecular formula is C20H24N2. The Hall–Kier alpha value is -1.75. The summed E-state index contributed by atoms with van der Waals surface area (Å²) in [5.74, 6) is 0.517. The molecule has 2 atom stereocenters. The van der Waals surface area contributed by atoms with Gasteiger partial charge < -0.3 is 4.90 Å². The van der Waals surface area contributed by atoms with Gasteiger partial charge in [0.25, 0.3) is 0 Å². The molecule has 0 N–H and O–H groups in total. The number of nitrogens with zero attached hydrogens (tertiary/aromatic N) is 2. The van der Waals surface area contributed by atoms with Crippen LogP contribution >= 0.6 is 0 Å². The van der Waals surface area contributed by atoms with Crippen molar-refractivity contribution in [3.8, 4) is 6.07 Å². The molecule has 0 aromatic heterocycles. The Bertz CT molecular complexity index is 625. The molecule has 1 aromatic carbocycles. The number of benzene rings is 1. The fourth-order valence-corrected chi connectivity index (χ4v) is 4.93. The Morgan fingerprint density at radius 3 is 2.68 bits per heavy atom. The molecule has 4 rings (SSSR count). The molecule has 2 heteroatoms. The summed E-state index contributed by atoms with van der Waals surface area (Å²) < 4.78 is 0. The smallest absolute Gasteiger partial charge is 0.135 e. The van der Waals surface area contributed by atoms with Gasteiger partial charge in [-0.05, 0) is 69.4 Å². The summed E-state index contributed by atoms with van der Waals surface area (Å²) >= 11 is 0. The number of hydrogen-bond donors (Lipinski definition) is 0. The third-order valence-corrected chi connectivity index (χ3v) is 5.96. The first-order chi connectivity index (χ1) is 10.8. The highest BCUT2D eigenvalue weighted by atomic mass is 15.2. The van der Waals surface area contributed by atoms with E-state index in [4.69, 9.17) is 0 Å². The Morgan fingerprint density at radius 2 is 1.86 bits per heavy atom. The van der Waals surface area contributed by atoms with Gasteiger partial charge >= 0.3 is 0 Å². The van der Waals surface area contributed by atoms with Gasteiger partial charge in [0, 0.05) is 11.4 Å². The van der Waals surface area contributed by atoms with E-state index in [-0.39, 0.29) is 5.54 Å². The Morgan fingerprint density at radius 1 is 1.05 bits per heavy atom. The summed E-state index contributed by atoms with van der Waals surface area (Å²) in [7, 11) is 0. The second-order valence-corrected chi connectivity index (χ2v) is 7.11. The minimum atomic E-state index is -0.296. The van der Waals surface area contributed by atoms with E-state index in [0.29, 0.717) is 5.92 Å². The monoisotopic (exact) mass is 292 g/mol. The second-order valence-electron chi connectivity index (χ2n) is 7.11. The molecule has 0 radical (unpaired) electrons. The molecule has 22 heavy (non-hydrogen) atoms. The Kier molecular flexibility index (Phi) is 3.45. The molecule has 1 saturated carbocycles. The van der Waals surface area contributed by atoms with Crippen LogP contribution in [0, 0.1) is 17.2 Å². The van der Waals surface area contributed by atoms with Gasteiger partial charge in [0.05, 0.1) is 6.07 Å². The van der Waals surface area contributed by atoms with E-state index in [0.717, 1.165) is 12.8 Å². The van der Waals surface area contributed by atoms with Crippen molar-refractivity contribution in [1.29, 1.82) is 5.26 Å². The third kappa shape index (κ3) is 1.99. The van der Waals surface area contributed by atoms with Crippen LogP contribution < -0.4 is 4.90 Å². The molecule has 3 aliphatic rings. The van der Waals surface area contributed by atoms with Crippen molar-refractivity contribution in [2.75, 3.05) is 4.90 Å². The largest absolute Gasteiger partial charge is 0.326 e. The maximum Gasteiger partial charge on any atom is 0.135 e. The van der Waals surface area contributed by atoms with E-state index in [1.807, 2.05) is 0 Å². The molecule has 2 nitrogen and oxygen atoms in total. The minimum Gasteiger partial charge on any atom is -0.326 e. The summed E-state index contributed by atoms with van der Waals surface area (Å²) in [5.41, 5.74) is 4.06. The van der Waals surface area contributed by atoms with Crippen molar-refractivity contribution in [2.45, 2.75) is 63.3 Å². The number of para-hydroxylation sites is 1. The molecule has 0 amide bonds. The zero-order valence-corrected chi connectivity index (χ0v) is 13.2. The summed E-state index contributed by atoms with van der Waals surface area (Å²) in [6, 6.07) is 13.5. The average Bonchev–Trinajstić information content (AvgIpc) is 2.60. The van der Waals surface area contributed by atoms with Crippen molar-refractivity contribution in [3.05, 3.63) is 41.6 Å². The Labute approximate surface area is 133 Å². The third-order valence-electron chi connectivity index (χ3n) is 5.96. The zero-order chi connectivity index (χ0) is 15.0. The summed E-state index contributed by atoms with van der Waals surface area (Å²) in [5, 5.41) is 10.2. The van der Waals surface area contributed by atoms with Crippen LogP contribution in [0.15, 0.2) is 41.6 Å². The maximum absolute atomic E-state index is 10.2. The van der Waals surface area contributed by atoms with E-state index in [2.05, 4.69) is 41.3 Å². The van der Waals surface area contributed by atoms with E-state index in [1.165, 1.54) is 56.3 Å². The fraction of sp³-hybridized carbons (Fsp3) is 0.550. The van der Waals surface area contributed by atoms with Crippen LogP contribution in [0.2, 0.25) is 0 Å². The van der Waals surface area contributed by atoms with E-state index >= 15 is 0 Å². The summed E-state index contributed by atoms with van der Waals surface area (Å²) in [4.78, 5) is 2.47. The number of fused-ring (bicyclic) bond motifs is 1. The van der Waals surface area contributed by atoms with Gasteiger partial charge in [-0.15, -0.1) is 0 Å². The SMILES string of the molecule is N#C[C@@]12CCCC[C@H]1CC1=C(CCCC1)N2c1ccccc1. The summed E-state index contributed by atoms with van der Waals surface area (Å²) in [6.07, 6.45) is 10.9. The van der Waals surface area contributed by atoms with Gasteiger partial charge in [-0.25, -0.2) is 0 Å². The minimum absolute atomic E-state index is 0.296. The van der Waals surface area contributed by atoms with Gasteiger partial charge in [-0.2, -0.15) is 5.26 Å². The van der Waals surface area contributed by atoms with E-state index < -0.39 is 0 Å². The molecule has 0 saturated heterocycles. The van der Waals surface area contributed by atoms with E-state index in [1.54, 1.807) is 5.57 Å². The van der Waals surface area contributed by atoms with Crippen molar-refractivity contribution < 1.29 is 0 Å². The summed E-state index contributed by atoms with van der Waals surface area (Å²) in [6.45, 7) is 0. The fourth-order valence-electron chi connectivity index (χ4n) is 4.93. The maximum atomic E-state index is 10.2. The van der Waals surface area contributed by atoms with Crippen LogP contribution in [0.5, 0.6) is 0 Å². The van der Waals surface area contributed by atoms with Gasteiger partial charge in [-0.3, -0.25) is 0 Å². The quantitative estimate of drug-likeness (QED) is 0.713. The first kappa shape index (κ1) is 13.9. The lowest BCUT2D eigenvalue weighted by molar-refractivity contribution is 0.216. The van der Waals surface area contributed by atoms with Crippen LogP contribution in [-0.4, -0.2) is 5.54 Å². The van der Waals surface area contributed by atoms with Crippen LogP contribution in [0.25, 0.3) is 0 Å². The highest BCUT2D eigenvalue weighted by molar-refractivity contribution is 5.60. The van der Waals surface area contributed by atoms with Crippen molar-refractivity contribution >= 4 is 5.69 Å². The predicted octanol–water partition coefficient (Wildman–Crippen LogP) is 5.18. The average molecular weight is 292 g/mol. The predicted molar refractivity (Wildman–Crippen MR) is 89.3 cm³/mol. The number of hydrogen-bond acceptors (Lipinski definition) is 2. The highest BCUT2D eigenvalue weighted by Crippen LogP contribution is 2.51. The van der Waals surface area contributed by atoms with Crippen molar-refractivity contribution in [2.24, 2.45) is 5.92 Å². The van der Waals surface area contributed by atoms with Gasteiger partial charge in [-0.1, -0.05) is 30.2 Å². The normalized spacial score (nSPS) is 31.2. The lowest BCUT2D eigenvalue weighted by Gasteiger charge is -2.53. The van der Waals surface area contributed by atoms with Crippen molar-refractivity contribution in [1.82, 2.24) is 0 Å². The number of rotatable bonds is 1. The molecule has 1 fully saturated rings. The van der Waals surface area contributed by atoms with Crippen LogP contribution in [-0.2, 0) is 0 Å². The second kappa shape index (κ2) is 5.47. The zero-order valence-electron chi connectivity index (χ0n) is 13.2. The molecule has 114 valence electrons. The highest BCUT2D eigenvalue weighted by Gasteiger charge is 2.50. The molecule has 1 aliphatic heterocycles. The topological polar surface area (TPSA) is 27.0 Å².